The highest BCUT2D eigenvalue weighted by atomic mass is 32.2. The lowest BCUT2D eigenvalue weighted by molar-refractivity contribution is 0.568. The fourth-order valence-corrected chi connectivity index (χ4v) is 3.24. The van der Waals surface area contributed by atoms with Gasteiger partial charge in [0.05, 0.1) is 4.90 Å². The lowest BCUT2D eigenvalue weighted by atomic mass is 10.1. The normalized spacial score (nSPS) is 13.6. The van der Waals surface area contributed by atoms with Crippen molar-refractivity contribution in [1.29, 1.82) is 0 Å². The Kier molecular flexibility index (Phi) is 8.39. The standard InChI is InChI=1S/C19H30N2O2S/c1-15(2)6-5-7-16(3)8-11-18(20)14-21-24(22,23)19-12-9-17(4)10-13-19/h6,8-10,12-13,18,21H,5,7,11,14,20H2,1-4H3. The third-order valence-corrected chi connectivity index (χ3v) is 5.17. The summed E-state index contributed by atoms with van der Waals surface area (Å²) in [6.45, 7) is 8.42. The van der Waals surface area contributed by atoms with Gasteiger partial charge in [-0.2, -0.15) is 0 Å². The van der Waals surface area contributed by atoms with Crippen LogP contribution < -0.4 is 10.5 Å². The molecule has 0 saturated carbocycles. The van der Waals surface area contributed by atoms with Crippen molar-refractivity contribution in [3.05, 3.63) is 53.1 Å². The van der Waals surface area contributed by atoms with Gasteiger partial charge in [0.25, 0.3) is 0 Å². The molecule has 5 heteroatoms. The Balaban J connectivity index is 2.46. The Hall–Kier alpha value is -1.43. The number of benzene rings is 1. The zero-order valence-electron chi connectivity index (χ0n) is 15.2. The van der Waals surface area contributed by atoms with E-state index in [1.54, 1.807) is 24.3 Å². The fraction of sp³-hybridized carbons (Fsp3) is 0.474. The van der Waals surface area contributed by atoms with Crippen LogP contribution in [0.4, 0.5) is 0 Å². The highest BCUT2D eigenvalue weighted by molar-refractivity contribution is 7.89. The van der Waals surface area contributed by atoms with E-state index in [0.717, 1.165) is 18.4 Å². The second-order valence-corrected chi connectivity index (χ2v) is 8.30. The first-order valence-electron chi connectivity index (χ1n) is 8.31. The van der Waals surface area contributed by atoms with Gasteiger partial charge >= 0.3 is 0 Å². The summed E-state index contributed by atoms with van der Waals surface area (Å²) >= 11 is 0. The number of nitrogens with one attached hydrogen (secondary N) is 1. The average molecular weight is 351 g/mol. The number of rotatable bonds is 9. The predicted octanol–water partition coefficient (Wildman–Crippen LogP) is 3.68. The topological polar surface area (TPSA) is 72.2 Å². The third-order valence-electron chi connectivity index (χ3n) is 3.73. The monoisotopic (exact) mass is 350 g/mol. The Morgan fingerprint density at radius 1 is 1.17 bits per heavy atom. The zero-order chi connectivity index (χ0) is 18.2. The van der Waals surface area contributed by atoms with Gasteiger partial charge in [0.1, 0.15) is 0 Å². The van der Waals surface area contributed by atoms with Crippen molar-refractivity contribution in [2.75, 3.05) is 6.54 Å². The summed E-state index contributed by atoms with van der Waals surface area (Å²) in [4.78, 5) is 0.272. The Morgan fingerprint density at radius 3 is 2.38 bits per heavy atom. The molecule has 0 fully saturated rings. The van der Waals surface area contributed by atoms with Gasteiger partial charge in [-0.15, -0.1) is 0 Å². The van der Waals surface area contributed by atoms with Crippen molar-refractivity contribution in [1.82, 2.24) is 4.72 Å². The first kappa shape index (κ1) is 20.6. The predicted molar refractivity (Wildman–Crippen MR) is 101 cm³/mol. The van der Waals surface area contributed by atoms with Gasteiger partial charge in [-0.25, -0.2) is 13.1 Å². The third kappa shape index (κ3) is 7.90. The van der Waals surface area contributed by atoms with Crippen LogP contribution in [0.5, 0.6) is 0 Å². The molecule has 0 radical (unpaired) electrons. The average Bonchev–Trinajstić information content (AvgIpc) is 2.51. The van der Waals surface area contributed by atoms with Crippen molar-refractivity contribution in [3.8, 4) is 0 Å². The Morgan fingerprint density at radius 2 is 1.79 bits per heavy atom. The number of sulfonamides is 1. The quantitative estimate of drug-likeness (QED) is 0.667. The van der Waals surface area contributed by atoms with Gasteiger partial charge < -0.3 is 5.73 Å². The maximum atomic E-state index is 12.2. The van der Waals surface area contributed by atoms with E-state index in [0.29, 0.717) is 6.42 Å². The fourth-order valence-electron chi connectivity index (χ4n) is 2.14. The first-order chi connectivity index (χ1) is 11.2. The van der Waals surface area contributed by atoms with Gasteiger partial charge in [-0.1, -0.05) is 41.0 Å². The van der Waals surface area contributed by atoms with E-state index < -0.39 is 10.0 Å². The molecule has 0 aliphatic rings. The van der Waals surface area contributed by atoms with Crippen molar-refractivity contribution in [2.24, 2.45) is 5.73 Å². The Bertz CT molecular complexity index is 670. The summed E-state index contributed by atoms with van der Waals surface area (Å²) in [6, 6.07) is 6.55. The number of allylic oxidation sites excluding steroid dienone is 3. The van der Waals surface area contributed by atoms with Gasteiger partial charge in [-0.05, 0) is 59.1 Å². The maximum absolute atomic E-state index is 12.2. The molecule has 4 nitrogen and oxygen atoms in total. The van der Waals surface area contributed by atoms with Gasteiger partial charge in [-0.3, -0.25) is 0 Å². The molecule has 134 valence electrons. The second kappa shape index (κ2) is 9.77. The van der Waals surface area contributed by atoms with E-state index in [4.69, 9.17) is 5.73 Å². The minimum Gasteiger partial charge on any atom is -0.326 e. The van der Waals surface area contributed by atoms with E-state index in [1.807, 2.05) is 6.92 Å². The van der Waals surface area contributed by atoms with Crippen LogP contribution >= 0.6 is 0 Å². The molecule has 1 unspecified atom stereocenters. The molecule has 1 aromatic rings. The van der Waals surface area contributed by atoms with Crippen molar-refractivity contribution in [2.45, 2.75) is 57.9 Å². The van der Waals surface area contributed by atoms with Crippen molar-refractivity contribution in [3.63, 3.8) is 0 Å². The largest absolute Gasteiger partial charge is 0.326 e. The van der Waals surface area contributed by atoms with E-state index in [9.17, 15) is 8.42 Å². The molecule has 24 heavy (non-hydrogen) atoms. The summed E-state index contributed by atoms with van der Waals surface area (Å²) in [5.41, 5.74) is 9.66. The Labute approximate surface area is 146 Å². The lowest BCUT2D eigenvalue weighted by Crippen LogP contribution is -2.36. The molecule has 1 atom stereocenters. The van der Waals surface area contributed by atoms with Gasteiger partial charge in [0, 0.05) is 12.6 Å². The van der Waals surface area contributed by atoms with E-state index in [2.05, 4.69) is 37.6 Å². The molecule has 3 N–H and O–H groups in total. The highest BCUT2D eigenvalue weighted by Gasteiger charge is 2.14. The van der Waals surface area contributed by atoms with Crippen LogP contribution in [-0.2, 0) is 10.0 Å². The molecule has 0 aromatic heterocycles. The van der Waals surface area contributed by atoms with Crippen LogP contribution in [0.15, 0.2) is 52.5 Å². The number of hydrogen-bond acceptors (Lipinski definition) is 3. The van der Waals surface area contributed by atoms with Crippen LogP contribution in [0.3, 0.4) is 0 Å². The molecular formula is C19H30N2O2S. The SMILES string of the molecule is CC(C)=CCCC(C)=CCC(N)CNS(=O)(=O)c1ccc(C)cc1. The van der Waals surface area contributed by atoms with Crippen LogP contribution in [-0.4, -0.2) is 21.0 Å². The lowest BCUT2D eigenvalue weighted by Gasteiger charge is -2.12. The number of aryl methyl sites for hydroxylation is 1. The first-order valence-corrected chi connectivity index (χ1v) is 9.80. The summed E-state index contributed by atoms with van der Waals surface area (Å²) in [7, 11) is -3.49. The molecular weight excluding hydrogens is 320 g/mol. The van der Waals surface area contributed by atoms with Crippen LogP contribution in [0.25, 0.3) is 0 Å². The minimum atomic E-state index is -3.49. The van der Waals surface area contributed by atoms with E-state index in [1.165, 1.54) is 11.1 Å². The van der Waals surface area contributed by atoms with Crippen LogP contribution in [0.1, 0.15) is 45.6 Å². The molecule has 0 bridgehead atoms. The smallest absolute Gasteiger partial charge is 0.240 e. The van der Waals surface area contributed by atoms with E-state index >= 15 is 0 Å². The molecule has 0 aliphatic carbocycles. The number of hydrogen-bond donors (Lipinski definition) is 2. The molecule has 0 heterocycles. The zero-order valence-corrected chi connectivity index (χ0v) is 16.0. The molecule has 0 saturated heterocycles. The van der Waals surface area contributed by atoms with Crippen molar-refractivity contribution < 1.29 is 8.42 Å². The van der Waals surface area contributed by atoms with Gasteiger partial charge in [0.15, 0.2) is 0 Å². The van der Waals surface area contributed by atoms with Crippen LogP contribution in [0.2, 0.25) is 0 Å². The summed E-state index contributed by atoms with van der Waals surface area (Å²) in [5.74, 6) is 0. The maximum Gasteiger partial charge on any atom is 0.240 e. The summed E-state index contributed by atoms with van der Waals surface area (Å²) in [6.07, 6.45) is 7.01. The molecule has 0 amide bonds. The minimum absolute atomic E-state index is 0.230. The second-order valence-electron chi connectivity index (χ2n) is 6.53. The van der Waals surface area contributed by atoms with E-state index in [-0.39, 0.29) is 17.5 Å². The summed E-state index contributed by atoms with van der Waals surface area (Å²) < 4.78 is 27.0. The molecule has 0 aliphatic heterocycles. The van der Waals surface area contributed by atoms with Crippen LogP contribution in [0, 0.1) is 6.92 Å². The van der Waals surface area contributed by atoms with Gasteiger partial charge in [0.2, 0.25) is 10.0 Å². The highest BCUT2D eigenvalue weighted by Crippen LogP contribution is 2.11. The van der Waals surface area contributed by atoms with Crippen molar-refractivity contribution >= 4 is 10.0 Å². The molecule has 1 aromatic carbocycles. The summed E-state index contributed by atoms with van der Waals surface area (Å²) in [5, 5.41) is 0. The number of nitrogens with two attached hydrogens (primary N) is 1. The molecule has 1 rings (SSSR count). The molecule has 0 spiro atoms.